The minimum Gasteiger partial charge on any atom is -0.340 e. The number of hydrogen-bond donors (Lipinski definition) is 1. The van der Waals surface area contributed by atoms with Crippen molar-refractivity contribution in [3.05, 3.63) is 40.0 Å². The largest absolute Gasteiger partial charge is 0.340 e. The molecular weight excluding hydrogens is 336 g/mol. The van der Waals surface area contributed by atoms with E-state index < -0.39 is 0 Å². The van der Waals surface area contributed by atoms with E-state index in [2.05, 4.69) is 38.5 Å². The lowest BCUT2D eigenvalue weighted by Gasteiger charge is -2.12. The summed E-state index contributed by atoms with van der Waals surface area (Å²) < 4.78 is 1.20. The summed E-state index contributed by atoms with van der Waals surface area (Å²) in [6.45, 7) is 2.05. The van der Waals surface area contributed by atoms with E-state index in [-0.39, 0.29) is 0 Å². The van der Waals surface area contributed by atoms with Gasteiger partial charge >= 0.3 is 0 Å². The van der Waals surface area contributed by atoms with Crippen molar-refractivity contribution in [1.82, 2.24) is 15.0 Å². The number of aromatic nitrogens is 3. The molecule has 3 heterocycles. The monoisotopic (exact) mass is 352 g/mol. The lowest BCUT2D eigenvalue weighted by molar-refractivity contribution is 0.700. The van der Waals surface area contributed by atoms with Gasteiger partial charge in [-0.2, -0.15) is 0 Å². The number of rotatable bonds is 2. The number of anilines is 2. The van der Waals surface area contributed by atoms with Crippen LogP contribution in [0.3, 0.4) is 0 Å². The zero-order valence-corrected chi connectivity index (χ0v) is 14.9. The molecule has 0 spiro atoms. The molecule has 1 aromatic carbocycles. The second-order valence-corrected chi connectivity index (χ2v) is 8.47. The molecule has 3 aromatic heterocycles. The fourth-order valence-electron chi connectivity index (χ4n) is 3.44. The predicted molar refractivity (Wildman–Crippen MR) is 102 cm³/mol. The van der Waals surface area contributed by atoms with E-state index in [0.717, 1.165) is 33.3 Å². The van der Waals surface area contributed by atoms with E-state index in [4.69, 9.17) is 0 Å². The van der Waals surface area contributed by atoms with Crippen molar-refractivity contribution in [2.24, 2.45) is 0 Å². The van der Waals surface area contributed by atoms with Crippen LogP contribution in [0, 0.1) is 6.92 Å². The summed E-state index contributed by atoms with van der Waals surface area (Å²) in [5.41, 5.74) is 3.57. The Balaban J connectivity index is 1.61. The van der Waals surface area contributed by atoms with Gasteiger partial charge in [0.1, 0.15) is 17.0 Å². The second kappa shape index (κ2) is 5.50. The molecule has 1 N–H and O–H groups in total. The van der Waals surface area contributed by atoms with Crippen LogP contribution in [0.4, 0.5) is 11.5 Å². The summed E-state index contributed by atoms with van der Waals surface area (Å²) in [6.07, 6.45) is 6.55. The van der Waals surface area contributed by atoms with Crippen LogP contribution in [0.25, 0.3) is 20.4 Å². The van der Waals surface area contributed by atoms with Crippen LogP contribution in [0.1, 0.15) is 28.3 Å². The van der Waals surface area contributed by atoms with Crippen LogP contribution in [0.2, 0.25) is 0 Å². The van der Waals surface area contributed by atoms with E-state index in [0.29, 0.717) is 0 Å². The quantitative estimate of drug-likeness (QED) is 0.536. The maximum absolute atomic E-state index is 4.54. The van der Waals surface area contributed by atoms with E-state index in [1.54, 1.807) is 17.7 Å². The second-order valence-electron chi connectivity index (χ2n) is 6.15. The van der Waals surface area contributed by atoms with Gasteiger partial charge in [0.25, 0.3) is 0 Å². The summed E-state index contributed by atoms with van der Waals surface area (Å²) in [5, 5.41) is 5.83. The molecule has 0 radical (unpaired) electrons. The third kappa shape index (κ3) is 2.29. The van der Waals surface area contributed by atoms with Crippen molar-refractivity contribution in [2.75, 3.05) is 5.32 Å². The van der Waals surface area contributed by atoms with E-state index in [1.165, 1.54) is 39.8 Å². The molecule has 0 fully saturated rings. The first-order valence-corrected chi connectivity index (χ1v) is 9.81. The van der Waals surface area contributed by atoms with Crippen LogP contribution in [0.15, 0.2) is 24.5 Å². The number of nitrogens with one attached hydrogen (secondary N) is 1. The van der Waals surface area contributed by atoms with Crippen LogP contribution in [0.5, 0.6) is 0 Å². The number of nitrogens with zero attached hydrogens (tertiary/aromatic N) is 3. The summed E-state index contributed by atoms with van der Waals surface area (Å²) in [4.78, 5) is 16.2. The van der Waals surface area contributed by atoms with Crippen molar-refractivity contribution in [2.45, 2.75) is 32.6 Å². The zero-order valence-electron chi connectivity index (χ0n) is 13.3. The van der Waals surface area contributed by atoms with Gasteiger partial charge in [-0.05, 0) is 56.4 Å². The summed E-state index contributed by atoms with van der Waals surface area (Å²) in [7, 11) is 0. The first kappa shape index (κ1) is 14.3. The number of aryl methyl sites for hydroxylation is 3. The van der Waals surface area contributed by atoms with Crippen molar-refractivity contribution in [3.8, 4) is 0 Å². The summed E-state index contributed by atoms with van der Waals surface area (Å²) in [6, 6.07) is 6.31. The molecule has 0 unspecified atom stereocenters. The third-order valence-electron chi connectivity index (χ3n) is 4.51. The Hall–Kier alpha value is -2.05. The van der Waals surface area contributed by atoms with Crippen molar-refractivity contribution < 1.29 is 0 Å². The number of benzene rings is 1. The number of thiazole rings is 1. The van der Waals surface area contributed by atoms with Gasteiger partial charge in [-0.1, -0.05) is 0 Å². The molecular formula is C18H16N4S2. The predicted octanol–water partition coefficient (Wildman–Crippen LogP) is 5.23. The van der Waals surface area contributed by atoms with Gasteiger partial charge in [0.15, 0.2) is 0 Å². The maximum Gasteiger partial charge on any atom is 0.142 e. The van der Waals surface area contributed by atoms with Gasteiger partial charge in [-0.15, -0.1) is 22.7 Å². The van der Waals surface area contributed by atoms with E-state index >= 15 is 0 Å². The Morgan fingerprint density at radius 1 is 1.08 bits per heavy atom. The lowest BCUT2D eigenvalue weighted by Crippen LogP contribution is -2.00. The molecule has 24 heavy (non-hydrogen) atoms. The first-order chi connectivity index (χ1) is 11.8. The van der Waals surface area contributed by atoms with E-state index in [9.17, 15) is 0 Å². The minimum atomic E-state index is 0.931. The normalized spacial score (nSPS) is 14.2. The highest BCUT2D eigenvalue weighted by molar-refractivity contribution is 7.19. The fourth-order valence-corrected chi connectivity index (χ4v) is 5.53. The molecule has 120 valence electrons. The Morgan fingerprint density at radius 3 is 2.96 bits per heavy atom. The summed E-state index contributed by atoms with van der Waals surface area (Å²) in [5.74, 6) is 0.931. The van der Waals surface area contributed by atoms with Crippen LogP contribution < -0.4 is 5.32 Å². The van der Waals surface area contributed by atoms with Gasteiger partial charge in [0, 0.05) is 10.6 Å². The first-order valence-electron chi connectivity index (χ1n) is 8.17. The molecule has 0 saturated carbocycles. The number of thiophene rings is 1. The van der Waals surface area contributed by atoms with Gasteiger partial charge in [-0.25, -0.2) is 15.0 Å². The van der Waals surface area contributed by atoms with Crippen molar-refractivity contribution in [3.63, 3.8) is 0 Å². The van der Waals surface area contributed by atoms with Crippen LogP contribution >= 0.6 is 22.7 Å². The topological polar surface area (TPSA) is 50.7 Å². The molecule has 0 amide bonds. The Labute approximate surface area is 147 Å². The molecule has 1 aliphatic carbocycles. The van der Waals surface area contributed by atoms with Crippen molar-refractivity contribution >= 4 is 54.6 Å². The third-order valence-corrected chi connectivity index (χ3v) is 6.64. The SMILES string of the molecule is Cc1nc2ccc(Nc3ncnc4sc5c(c34)CCCC5)cc2s1. The Kier molecular flexibility index (Phi) is 3.28. The van der Waals surface area contributed by atoms with Gasteiger partial charge < -0.3 is 5.32 Å². The number of fused-ring (bicyclic) bond motifs is 4. The van der Waals surface area contributed by atoms with Gasteiger partial charge in [-0.3, -0.25) is 0 Å². The highest BCUT2D eigenvalue weighted by Gasteiger charge is 2.20. The fraction of sp³-hybridized carbons (Fsp3) is 0.278. The summed E-state index contributed by atoms with van der Waals surface area (Å²) >= 11 is 3.55. The Bertz CT molecular complexity index is 1060. The molecule has 0 aliphatic heterocycles. The van der Waals surface area contributed by atoms with E-state index in [1.807, 2.05) is 18.3 Å². The average molecular weight is 352 g/mol. The molecule has 6 heteroatoms. The maximum atomic E-state index is 4.54. The zero-order chi connectivity index (χ0) is 16.1. The minimum absolute atomic E-state index is 0.931. The molecule has 5 rings (SSSR count). The standard InChI is InChI=1S/C18H16N4S2/c1-10-21-13-7-6-11(8-15(13)23-10)22-17-16-12-4-2-3-5-14(12)24-18(16)20-9-19-17/h6-9H,2-5H2,1H3,(H,19,20,22). The van der Waals surface area contributed by atoms with Gasteiger partial charge in [0.05, 0.1) is 20.6 Å². The van der Waals surface area contributed by atoms with Crippen LogP contribution in [-0.4, -0.2) is 15.0 Å². The highest BCUT2D eigenvalue weighted by Crippen LogP contribution is 2.39. The average Bonchev–Trinajstić information content (AvgIpc) is 3.14. The Morgan fingerprint density at radius 2 is 2.00 bits per heavy atom. The highest BCUT2D eigenvalue weighted by atomic mass is 32.1. The van der Waals surface area contributed by atoms with Crippen LogP contribution in [-0.2, 0) is 12.8 Å². The molecule has 4 aromatic rings. The molecule has 1 aliphatic rings. The number of hydrogen-bond acceptors (Lipinski definition) is 6. The van der Waals surface area contributed by atoms with Gasteiger partial charge in [0.2, 0.25) is 0 Å². The lowest BCUT2D eigenvalue weighted by atomic mass is 9.97. The molecule has 0 saturated heterocycles. The molecule has 0 atom stereocenters. The molecule has 0 bridgehead atoms. The molecule has 4 nitrogen and oxygen atoms in total. The van der Waals surface area contributed by atoms with Crippen molar-refractivity contribution in [1.29, 1.82) is 0 Å². The smallest absolute Gasteiger partial charge is 0.142 e.